The molecule has 2 aromatic rings. The highest BCUT2D eigenvalue weighted by Crippen LogP contribution is 2.23. The minimum absolute atomic E-state index is 0.0201. The van der Waals surface area contributed by atoms with Gasteiger partial charge in [0.05, 0.1) is 13.2 Å². The van der Waals surface area contributed by atoms with Crippen molar-refractivity contribution in [3.63, 3.8) is 0 Å². The molecule has 4 rings (SSSR count). The van der Waals surface area contributed by atoms with Crippen molar-refractivity contribution in [2.75, 3.05) is 11.9 Å². The Balaban J connectivity index is 1.48. The number of carbonyl (C=O) groups is 2. The lowest BCUT2D eigenvalue weighted by molar-refractivity contribution is -0.119. The first-order valence-electron chi connectivity index (χ1n) is 9.11. The average Bonchev–Trinajstić information content (AvgIpc) is 3.30. The zero-order valence-electron chi connectivity index (χ0n) is 15.0. The quantitative estimate of drug-likeness (QED) is 0.851. The summed E-state index contributed by atoms with van der Waals surface area (Å²) in [6.07, 6.45) is 4.71. The highest BCUT2D eigenvalue weighted by Gasteiger charge is 2.26. The molecule has 7 heteroatoms. The van der Waals surface area contributed by atoms with E-state index in [0.29, 0.717) is 32.7 Å². The maximum Gasteiger partial charge on any atom is 0.322 e. The van der Waals surface area contributed by atoms with Crippen molar-refractivity contribution < 1.29 is 14.3 Å². The Hall–Kier alpha value is -2.93. The second-order valence-corrected chi connectivity index (χ2v) is 6.95. The van der Waals surface area contributed by atoms with Crippen molar-refractivity contribution in [2.45, 2.75) is 38.6 Å². The normalized spacial score (nSPS) is 18.1. The van der Waals surface area contributed by atoms with Crippen LogP contribution in [-0.2, 0) is 29.3 Å². The van der Waals surface area contributed by atoms with E-state index in [9.17, 15) is 9.59 Å². The Morgan fingerprint density at radius 1 is 1.30 bits per heavy atom. The van der Waals surface area contributed by atoms with Crippen LogP contribution in [0.25, 0.3) is 0 Å². The zero-order chi connectivity index (χ0) is 18.6. The van der Waals surface area contributed by atoms with Gasteiger partial charge in [-0.2, -0.15) is 0 Å². The topological polar surface area (TPSA) is 83.6 Å². The van der Waals surface area contributed by atoms with E-state index < -0.39 is 0 Å². The molecule has 1 fully saturated rings. The van der Waals surface area contributed by atoms with Gasteiger partial charge in [0.15, 0.2) is 0 Å². The van der Waals surface area contributed by atoms with Crippen LogP contribution in [0.15, 0.2) is 42.7 Å². The lowest BCUT2D eigenvalue weighted by atomic mass is 10.1. The van der Waals surface area contributed by atoms with E-state index in [1.165, 1.54) is 0 Å². The number of aromatic nitrogens is 1. The van der Waals surface area contributed by atoms with E-state index in [-0.39, 0.29) is 18.0 Å². The fourth-order valence-electron chi connectivity index (χ4n) is 3.46. The third-order valence-electron chi connectivity index (χ3n) is 4.88. The number of hydrogen-bond acceptors (Lipinski definition) is 4. The van der Waals surface area contributed by atoms with Gasteiger partial charge in [-0.3, -0.25) is 9.78 Å². The van der Waals surface area contributed by atoms with Gasteiger partial charge in [0.2, 0.25) is 5.91 Å². The molecule has 2 N–H and O–H groups in total. The van der Waals surface area contributed by atoms with Gasteiger partial charge in [0.25, 0.3) is 0 Å². The molecule has 140 valence electrons. The summed E-state index contributed by atoms with van der Waals surface area (Å²) in [5.41, 5.74) is 3.96. The largest absolute Gasteiger partial charge is 0.372 e. The Bertz CT molecular complexity index is 840. The van der Waals surface area contributed by atoms with Gasteiger partial charge in [-0.05, 0) is 41.3 Å². The molecule has 0 unspecified atom stereocenters. The molecule has 27 heavy (non-hydrogen) atoms. The van der Waals surface area contributed by atoms with Crippen LogP contribution in [0, 0.1) is 0 Å². The Kier molecular flexibility index (Phi) is 5.02. The molecule has 1 saturated heterocycles. The van der Waals surface area contributed by atoms with Crippen molar-refractivity contribution in [1.82, 2.24) is 15.2 Å². The molecule has 2 aliphatic rings. The highest BCUT2D eigenvalue weighted by atomic mass is 16.5. The van der Waals surface area contributed by atoms with E-state index in [0.717, 1.165) is 28.8 Å². The first-order valence-corrected chi connectivity index (χ1v) is 9.11. The molecular weight excluding hydrogens is 344 g/mol. The summed E-state index contributed by atoms with van der Waals surface area (Å²) in [5, 5.41) is 5.91. The van der Waals surface area contributed by atoms with Crippen molar-refractivity contribution in [2.24, 2.45) is 0 Å². The molecule has 1 aromatic carbocycles. The summed E-state index contributed by atoms with van der Waals surface area (Å²) in [6.45, 7) is 2.09. The van der Waals surface area contributed by atoms with Crippen LogP contribution in [0.4, 0.5) is 10.5 Å². The fourth-order valence-corrected chi connectivity index (χ4v) is 3.46. The van der Waals surface area contributed by atoms with E-state index in [1.54, 1.807) is 17.3 Å². The highest BCUT2D eigenvalue weighted by molar-refractivity contribution is 5.89. The van der Waals surface area contributed by atoms with Crippen LogP contribution < -0.4 is 10.6 Å². The second-order valence-electron chi connectivity index (χ2n) is 6.95. The summed E-state index contributed by atoms with van der Waals surface area (Å²) < 4.78 is 5.43. The van der Waals surface area contributed by atoms with Gasteiger partial charge in [0, 0.05) is 43.6 Å². The molecule has 7 nitrogen and oxygen atoms in total. The number of benzene rings is 1. The molecule has 0 saturated carbocycles. The average molecular weight is 366 g/mol. The number of nitrogens with one attached hydrogen (secondary N) is 2. The number of amides is 3. The maximum atomic E-state index is 12.9. The number of rotatable bonds is 5. The summed E-state index contributed by atoms with van der Waals surface area (Å²) in [7, 11) is 0. The van der Waals surface area contributed by atoms with E-state index in [2.05, 4.69) is 15.6 Å². The molecule has 0 spiro atoms. The van der Waals surface area contributed by atoms with Gasteiger partial charge in [-0.1, -0.05) is 12.1 Å². The van der Waals surface area contributed by atoms with Crippen molar-refractivity contribution in [3.05, 3.63) is 59.4 Å². The summed E-state index contributed by atoms with van der Waals surface area (Å²) in [6, 6.07) is 9.41. The minimum Gasteiger partial charge on any atom is -0.372 e. The summed E-state index contributed by atoms with van der Waals surface area (Å²) in [4.78, 5) is 30.3. The molecule has 0 radical (unpaired) electrons. The van der Waals surface area contributed by atoms with E-state index in [1.807, 2.05) is 30.3 Å². The number of anilines is 1. The van der Waals surface area contributed by atoms with Gasteiger partial charge in [0.1, 0.15) is 0 Å². The Morgan fingerprint density at radius 2 is 2.19 bits per heavy atom. The Morgan fingerprint density at radius 3 is 2.96 bits per heavy atom. The van der Waals surface area contributed by atoms with Crippen molar-refractivity contribution >= 4 is 17.6 Å². The van der Waals surface area contributed by atoms with Crippen LogP contribution in [-0.4, -0.2) is 34.4 Å². The molecule has 0 aliphatic carbocycles. The fraction of sp³-hybridized carbons (Fsp3) is 0.350. The SMILES string of the molecule is O=C1CC[C@@H](CN(Cc2cccnc2)C(=O)Nc2ccc3c(c2)COC3)N1. The molecular formula is C20H22N4O3. The van der Waals surface area contributed by atoms with E-state index >= 15 is 0 Å². The van der Waals surface area contributed by atoms with Crippen LogP contribution in [0.2, 0.25) is 0 Å². The number of pyridine rings is 1. The predicted molar refractivity (Wildman–Crippen MR) is 99.8 cm³/mol. The third-order valence-corrected chi connectivity index (χ3v) is 4.88. The van der Waals surface area contributed by atoms with Crippen LogP contribution >= 0.6 is 0 Å². The summed E-state index contributed by atoms with van der Waals surface area (Å²) >= 11 is 0. The van der Waals surface area contributed by atoms with E-state index in [4.69, 9.17) is 4.74 Å². The van der Waals surface area contributed by atoms with Crippen LogP contribution in [0.5, 0.6) is 0 Å². The molecule has 3 heterocycles. The lowest BCUT2D eigenvalue weighted by Gasteiger charge is -2.26. The predicted octanol–water partition coefficient (Wildman–Crippen LogP) is 2.42. The smallest absolute Gasteiger partial charge is 0.322 e. The minimum atomic E-state index is -0.195. The number of hydrogen-bond donors (Lipinski definition) is 2. The molecule has 2 aliphatic heterocycles. The van der Waals surface area contributed by atoms with Crippen molar-refractivity contribution in [1.29, 1.82) is 0 Å². The summed E-state index contributed by atoms with van der Waals surface area (Å²) in [5.74, 6) is 0.0420. The van der Waals surface area contributed by atoms with Gasteiger partial charge >= 0.3 is 6.03 Å². The molecule has 1 aromatic heterocycles. The molecule has 1 atom stereocenters. The Labute approximate surface area is 157 Å². The van der Waals surface area contributed by atoms with Crippen LogP contribution in [0.1, 0.15) is 29.5 Å². The number of fused-ring (bicyclic) bond motifs is 1. The number of carbonyl (C=O) groups excluding carboxylic acids is 2. The van der Waals surface area contributed by atoms with Crippen molar-refractivity contribution in [3.8, 4) is 0 Å². The molecule has 3 amide bonds. The standard InChI is InChI=1S/C20H22N4O3/c25-19-6-5-18(22-19)11-24(10-14-2-1-7-21-9-14)20(26)23-17-4-3-15-12-27-13-16(15)8-17/h1-4,7-9,18H,5-6,10-13H2,(H,22,25)(H,23,26)/t18-/m0/s1. The number of nitrogens with zero attached hydrogens (tertiary/aromatic N) is 2. The molecule has 0 bridgehead atoms. The number of ether oxygens (including phenoxy) is 1. The maximum absolute atomic E-state index is 12.9. The lowest BCUT2D eigenvalue weighted by Crippen LogP contribution is -2.43. The number of urea groups is 1. The monoisotopic (exact) mass is 366 g/mol. The van der Waals surface area contributed by atoms with Gasteiger partial charge in [-0.15, -0.1) is 0 Å². The zero-order valence-corrected chi connectivity index (χ0v) is 15.0. The van der Waals surface area contributed by atoms with Gasteiger partial charge in [-0.25, -0.2) is 4.79 Å². The first-order chi connectivity index (χ1) is 13.2. The van der Waals surface area contributed by atoms with Crippen LogP contribution in [0.3, 0.4) is 0 Å². The first kappa shape index (κ1) is 17.5. The third kappa shape index (κ3) is 4.25. The van der Waals surface area contributed by atoms with Gasteiger partial charge < -0.3 is 20.3 Å². The second kappa shape index (κ2) is 7.75.